The van der Waals surface area contributed by atoms with Gasteiger partial charge in [0.25, 0.3) is 5.69 Å². The highest BCUT2D eigenvalue weighted by atomic mass is 16.6. The number of nitrogens with zero attached hydrogens (tertiary/aromatic N) is 1. The van der Waals surface area contributed by atoms with Gasteiger partial charge in [-0.05, 0) is 35.9 Å². The normalized spacial score (nSPS) is 10.8. The molecule has 0 bridgehead atoms. The predicted octanol–water partition coefficient (Wildman–Crippen LogP) is 4.29. The molecule has 3 aromatic rings. The first-order valence-electron chi connectivity index (χ1n) is 7.85. The topological polar surface area (TPSA) is 111 Å². The third kappa shape index (κ3) is 3.98. The van der Waals surface area contributed by atoms with Gasteiger partial charge in [-0.25, -0.2) is 4.79 Å². The number of hydrogen-bond acceptors (Lipinski definition) is 5. The Balaban J connectivity index is 1.95. The van der Waals surface area contributed by atoms with Crippen LogP contribution in [0.2, 0.25) is 0 Å². The van der Waals surface area contributed by atoms with Gasteiger partial charge in [0.05, 0.1) is 4.92 Å². The summed E-state index contributed by atoms with van der Waals surface area (Å²) in [5, 5.41) is 20.1. The van der Waals surface area contributed by atoms with E-state index in [2.05, 4.69) is 0 Å². The molecule has 0 atom stereocenters. The maximum atomic E-state index is 12.7. The van der Waals surface area contributed by atoms with E-state index in [1.54, 1.807) is 36.4 Å². The number of rotatable bonds is 6. The second kappa shape index (κ2) is 7.49. The Hall–Kier alpha value is -4.00. The van der Waals surface area contributed by atoms with Crippen LogP contribution in [0.5, 0.6) is 0 Å². The first-order valence-corrected chi connectivity index (χ1v) is 7.85. The molecular weight excluding hydrogens is 350 g/mol. The fraction of sp³-hybridized carbons (Fsp3) is 0. The summed E-state index contributed by atoms with van der Waals surface area (Å²) in [6.07, 6.45) is 3.10. The van der Waals surface area contributed by atoms with Crippen LogP contribution >= 0.6 is 0 Å². The van der Waals surface area contributed by atoms with E-state index in [1.807, 2.05) is 0 Å². The Morgan fingerprint density at radius 2 is 1.74 bits per heavy atom. The average molecular weight is 363 g/mol. The number of aromatic carboxylic acids is 1. The van der Waals surface area contributed by atoms with Crippen LogP contribution in [0.3, 0.4) is 0 Å². The molecule has 7 nitrogen and oxygen atoms in total. The molecule has 0 aliphatic heterocycles. The molecule has 0 aliphatic carbocycles. The van der Waals surface area contributed by atoms with Crippen molar-refractivity contribution in [2.75, 3.05) is 0 Å². The lowest BCUT2D eigenvalue weighted by atomic mass is 9.99. The van der Waals surface area contributed by atoms with Crippen LogP contribution in [0, 0.1) is 10.1 Å². The fourth-order valence-electron chi connectivity index (χ4n) is 2.48. The van der Waals surface area contributed by atoms with Gasteiger partial charge in [-0.2, -0.15) is 0 Å². The minimum Gasteiger partial charge on any atom is -0.475 e. The molecule has 2 aromatic carbocycles. The second-order valence-corrected chi connectivity index (χ2v) is 5.57. The van der Waals surface area contributed by atoms with Gasteiger partial charge < -0.3 is 9.52 Å². The highest BCUT2D eigenvalue weighted by molar-refractivity contribution is 6.11. The van der Waals surface area contributed by atoms with Crippen molar-refractivity contribution in [1.82, 2.24) is 0 Å². The van der Waals surface area contributed by atoms with Crippen LogP contribution in [-0.2, 0) is 0 Å². The van der Waals surface area contributed by atoms with E-state index in [0.29, 0.717) is 16.9 Å². The number of benzene rings is 2. The molecule has 3 rings (SSSR count). The number of nitro groups is 1. The lowest BCUT2D eigenvalue weighted by molar-refractivity contribution is -0.385. The van der Waals surface area contributed by atoms with Crippen LogP contribution in [0.1, 0.15) is 37.8 Å². The fourth-order valence-corrected chi connectivity index (χ4v) is 2.48. The molecule has 134 valence electrons. The number of carboxylic acid groups (broad SMARTS) is 1. The number of hydrogen-bond donors (Lipinski definition) is 1. The molecule has 0 radical (unpaired) electrons. The number of carbonyl (C=O) groups is 2. The van der Waals surface area contributed by atoms with Crippen molar-refractivity contribution in [2.45, 2.75) is 0 Å². The van der Waals surface area contributed by atoms with Crippen LogP contribution in [0.25, 0.3) is 12.2 Å². The summed E-state index contributed by atoms with van der Waals surface area (Å²) in [4.78, 5) is 34.2. The summed E-state index contributed by atoms with van der Waals surface area (Å²) in [6.45, 7) is 0. The van der Waals surface area contributed by atoms with E-state index in [1.165, 1.54) is 36.4 Å². The van der Waals surface area contributed by atoms with Crippen molar-refractivity contribution < 1.29 is 24.0 Å². The molecule has 0 saturated carbocycles. The van der Waals surface area contributed by atoms with Gasteiger partial charge in [-0.15, -0.1) is 0 Å². The lowest BCUT2D eigenvalue weighted by Gasteiger charge is -2.04. The van der Waals surface area contributed by atoms with Crippen LogP contribution in [-0.4, -0.2) is 21.8 Å². The summed E-state index contributed by atoms with van der Waals surface area (Å²) in [7, 11) is 0. The third-order valence-electron chi connectivity index (χ3n) is 3.78. The number of carbonyl (C=O) groups excluding carboxylic acids is 1. The zero-order chi connectivity index (χ0) is 19.4. The summed E-state index contributed by atoms with van der Waals surface area (Å²) in [5.74, 6) is -1.52. The summed E-state index contributed by atoms with van der Waals surface area (Å²) < 4.78 is 5.11. The molecule has 7 heteroatoms. The van der Waals surface area contributed by atoms with Gasteiger partial charge in [0.1, 0.15) is 11.3 Å². The number of nitro benzene ring substituents is 1. The Labute approximate surface area is 153 Å². The standard InChI is InChI=1S/C20H13NO6/c22-19(14-4-2-1-3-5-14)16-12-13(7-10-17(16)21(25)26)6-8-15-9-11-18(27-15)20(23)24/h1-12H,(H,23,24). The molecule has 0 fully saturated rings. The highest BCUT2D eigenvalue weighted by Crippen LogP contribution is 2.24. The quantitative estimate of drug-likeness (QED) is 0.397. The molecule has 0 unspecified atom stereocenters. The summed E-state index contributed by atoms with van der Waals surface area (Å²) in [6, 6.07) is 15.3. The molecule has 27 heavy (non-hydrogen) atoms. The Kier molecular flexibility index (Phi) is 4.94. The Bertz CT molecular complexity index is 1050. The van der Waals surface area contributed by atoms with Gasteiger partial charge >= 0.3 is 5.97 Å². The summed E-state index contributed by atoms with van der Waals surface area (Å²) in [5.41, 5.74) is 0.568. The molecular formula is C20H13NO6. The molecule has 0 spiro atoms. The van der Waals surface area contributed by atoms with Crippen LogP contribution in [0.15, 0.2) is 65.1 Å². The minimum atomic E-state index is -1.18. The van der Waals surface area contributed by atoms with Gasteiger partial charge in [-0.3, -0.25) is 14.9 Å². The molecule has 0 saturated heterocycles. The van der Waals surface area contributed by atoms with E-state index < -0.39 is 16.7 Å². The van der Waals surface area contributed by atoms with E-state index in [4.69, 9.17) is 9.52 Å². The minimum absolute atomic E-state index is 0.0287. The van der Waals surface area contributed by atoms with Crippen molar-refractivity contribution in [2.24, 2.45) is 0 Å². The van der Waals surface area contributed by atoms with Gasteiger partial charge in [0, 0.05) is 11.6 Å². The first-order chi connectivity index (χ1) is 13.0. The largest absolute Gasteiger partial charge is 0.475 e. The maximum Gasteiger partial charge on any atom is 0.371 e. The van der Waals surface area contributed by atoms with E-state index in [0.717, 1.165) is 0 Å². The molecule has 0 aliphatic rings. The number of carboxylic acids is 1. The second-order valence-electron chi connectivity index (χ2n) is 5.57. The van der Waals surface area contributed by atoms with Crippen molar-refractivity contribution in [3.8, 4) is 0 Å². The molecule has 1 aromatic heterocycles. The molecule has 0 amide bonds. The number of furan rings is 1. The zero-order valence-corrected chi connectivity index (χ0v) is 13.9. The third-order valence-corrected chi connectivity index (χ3v) is 3.78. The predicted molar refractivity (Wildman–Crippen MR) is 97.6 cm³/mol. The monoisotopic (exact) mass is 363 g/mol. The van der Waals surface area contributed by atoms with E-state index >= 15 is 0 Å². The first kappa shape index (κ1) is 17.8. The van der Waals surface area contributed by atoms with Crippen LogP contribution in [0.4, 0.5) is 5.69 Å². The number of ketones is 1. The smallest absolute Gasteiger partial charge is 0.371 e. The van der Waals surface area contributed by atoms with E-state index in [9.17, 15) is 19.7 Å². The van der Waals surface area contributed by atoms with Gasteiger partial charge in [-0.1, -0.05) is 36.4 Å². The van der Waals surface area contributed by atoms with Crippen molar-refractivity contribution in [3.05, 3.63) is 99.0 Å². The highest BCUT2D eigenvalue weighted by Gasteiger charge is 2.21. The van der Waals surface area contributed by atoms with Crippen molar-refractivity contribution in [3.63, 3.8) is 0 Å². The Morgan fingerprint density at radius 1 is 1.00 bits per heavy atom. The van der Waals surface area contributed by atoms with Crippen LogP contribution < -0.4 is 0 Å². The van der Waals surface area contributed by atoms with E-state index in [-0.39, 0.29) is 17.0 Å². The Morgan fingerprint density at radius 3 is 2.37 bits per heavy atom. The van der Waals surface area contributed by atoms with Crippen molar-refractivity contribution in [1.29, 1.82) is 0 Å². The summed E-state index contributed by atoms with van der Waals surface area (Å²) >= 11 is 0. The molecule has 1 N–H and O–H groups in total. The SMILES string of the molecule is O=C(O)c1ccc(C=Cc2ccc([N+](=O)[O-])c(C(=O)c3ccccc3)c2)o1. The van der Waals surface area contributed by atoms with Gasteiger partial charge in [0.15, 0.2) is 5.78 Å². The molecule has 1 heterocycles. The van der Waals surface area contributed by atoms with Crippen molar-refractivity contribution >= 4 is 29.6 Å². The maximum absolute atomic E-state index is 12.7. The average Bonchev–Trinajstić information content (AvgIpc) is 3.15. The lowest BCUT2D eigenvalue weighted by Crippen LogP contribution is -2.05. The van der Waals surface area contributed by atoms with Gasteiger partial charge in [0.2, 0.25) is 5.76 Å². The zero-order valence-electron chi connectivity index (χ0n) is 13.9.